The summed E-state index contributed by atoms with van der Waals surface area (Å²) < 4.78 is 38.1. The van der Waals surface area contributed by atoms with Crippen LogP contribution < -0.4 is 10.6 Å². The molecule has 1 unspecified atom stereocenters. The highest BCUT2D eigenvalue weighted by Gasteiger charge is 2.34. The minimum absolute atomic E-state index is 0.00554. The van der Waals surface area contributed by atoms with Gasteiger partial charge >= 0.3 is 6.18 Å². The zero-order chi connectivity index (χ0) is 19.6. The molecule has 1 aromatic rings. The minimum Gasteiger partial charge on any atom is -0.369 e. The lowest BCUT2D eigenvalue weighted by Gasteiger charge is -2.39. The smallest absolute Gasteiger partial charge is 0.369 e. The van der Waals surface area contributed by atoms with Crippen LogP contribution in [0, 0.1) is 5.92 Å². The molecule has 0 saturated carbocycles. The van der Waals surface area contributed by atoms with Crippen molar-refractivity contribution in [2.24, 2.45) is 11.7 Å². The van der Waals surface area contributed by atoms with E-state index in [2.05, 4.69) is 4.98 Å². The van der Waals surface area contributed by atoms with Crippen LogP contribution in [-0.2, 0) is 15.8 Å². The Morgan fingerprint density at radius 1 is 1.19 bits per heavy atom. The molecule has 27 heavy (non-hydrogen) atoms. The molecule has 3 rings (SSSR count). The second-order valence-corrected chi connectivity index (χ2v) is 7.16. The van der Waals surface area contributed by atoms with E-state index in [0.717, 1.165) is 25.1 Å². The molecule has 9 heteroatoms. The highest BCUT2D eigenvalue weighted by Crippen LogP contribution is 2.30. The van der Waals surface area contributed by atoms with Gasteiger partial charge in [-0.05, 0) is 37.8 Å². The lowest BCUT2D eigenvalue weighted by Crippen LogP contribution is -2.50. The molecule has 0 aromatic carbocycles. The number of pyridine rings is 1. The summed E-state index contributed by atoms with van der Waals surface area (Å²) in [7, 11) is 0. The molecule has 1 aromatic heterocycles. The number of carbonyl (C=O) groups is 2. The normalized spacial score (nSPS) is 24.6. The lowest BCUT2D eigenvalue weighted by atomic mass is 10.0. The summed E-state index contributed by atoms with van der Waals surface area (Å²) in [5.41, 5.74) is 4.60. The van der Waals surface area contributed by atoms with Crippen molar-refractivity contribution in [1.82, 2.24) is 9.88 Å². The topological polar surface area (TPSA) is 79.5 Å². The molecule has 2 fully saturated rings. The van der Waals surface area contributed by atoms with Crippen molar-refractivity contribution in [3.63, 3.8) is 0 Å². The predicted octanol–water partition coefficient (Wildman–Crippen LogP) is 2.18. The highest BCUT2D eigenvalue weighted by molar-refractivity contribution is 5.81. The van der Waals surface area contributed by atoms with Crippen LogP contribution in [0.1, 0.15) is 37.7 Å². The van der Waals surface area contributed by atoms with Crippen molar-refractivity contribution < 1.29 is 22.8 Å². The van der Waals surface area contributed by atoms with Crippen molar-refractivity contribution in [3.8, 4) is 0 Å². The van der Waals surface area contributed by atoms with E-state index in [4.69, 9.17) is 5.73 Å². The van der Waals surface area contributed by atoms with Gasteiger partial charge in [-0.2, -0.15) is 13.2 Å². The van der Waals surface area contributed by atoms with Crippen LogP contribution in [0.2, 0.25) is 0 Å². The number of primary amides is 1. The second kappa shape index (κ2) is 7.74. The Labute approximate surface area is 155 Å². The van der Waals surface area contributed by atoms with Gasteiger partial charge in [-0.3, -0.25) is 9.59 Å². The maximum Gasteiger partial charge on any atom is 0.417 e. The number of amides is 2. The lowest BCUT2D eigenvalue weighted by molar-refractivity contribution is -0.138. The van der Waals surface area contributed by atoms with Gasteiger partial charge in [0.15, 0.2) is 0 Å². The van der Waals surface area contributed by atoms with Gasteiger partial charge in [0.1, 0.15) is 5.82 Å². The van der Waals surface area contributed by atoms with Gasteiger partial charge < -0.3 is 15.5 Å². The molecule has 2 saturated heterocycles. The van der Waals surface area contributed by atoms with E-state index in [0.29, 0.717) is 44.7 Å². The summed E-state index contributed by atoms with van der Waals surface area (Å²) in [5.74, 6) is -0.171. The first-order valence-corrected chi connectivity index (χ1v) is 9.12. The number of carbonyl (C=O) groups excluding carboxylic acids is 2. The molecule has 0 radical (unpaired) electrons. The predicted molar refractivity (Wildman–Crippen MR) is 92.7 cm³/mol. The van der Waals surface area contributed by atoms with E-state index in [-0.39, 0.29) is 23.8 Å². The summed E-state index contributed by atoms with van der Waals surface area (Å²) in [5, 5.41) is 0. The molecule has 148 valence electrons. The zero-order valence-corrected chi connectivity index (χ0v) is 14.9. The second-order valence-electron chi connectivity index (χ2n) is 7.16. The number of likely N-dealkylation sites (tertiary alicyclic amines) is 1. The molecule has 2 aliphatic rings. The quantitative estimate of drug-likeness (QED) is 0.866. The molecular formula is C18H23F3N4O2. The van der Waals surface area contributed by atoms with Crippen LogP contribution >= 0.6 is 0 Å². The van der Waals surface area contributed by atoms with E-state index in [9.17, 15) is 22.8 Å². The molecule has 2 atom stereocenters. The Kier molecular flexibility index (Phi) is 5.57. The van der Waals surface area contributed by atoms with Gasteiger partial charge in [0.25, 0.3) is 0 Å². The number of aromatic nitrogens is 1. The Balaban J connectivity index is 1.68. The van der Waals surface area contributed by atoms with Crippen molar-refractivity contribution in [2.45, 2.75) is 44.3 Å². The maximum atomic E-state index is 12.7. The van der Waals surface area contributed by atoms with Gasteiger partial charge in [-0.15, -0.1) is 0 Å². The van der Waals surface area contributed by atoms with Crippen LogP contribution in [-0.4, -0.2) is 47.4 Å². The molecule has 6 nitrogen and oxygen atoms in total. The number of piperidine rings is 1. The largest absolute Gasteiger partial charge is 0.417 e. The summed E-state index contributed by atoms with van der Waals surface area (Å²) in [6.07, 6.45) is -0.611. The van der Waals surface area contributed by atoms with Gasteiger partial charge in [-0.25, -0.2) is 4.98 Å². The number of nitrogens with zero attached hydrogens (tertiary/aromatic N) is 3. The molecule has 2 N–H and O–H groups in total. The van der Waals surface area contributed by atoms with Gasteiger partial charge in [0.2, 0.25) is 11.8 Å². The Morgan fingerprint density at radius 3 is 2.59 bits per heavy atom. The fourth-order valence-electron chi connectivity index (χ4n) is 3.83. The van der Waals surface area contributed by atoms with Crippen molar-refractivity contribution in [1.29, 1.82) is 0 Å². The third-order valence-electron chi connectivity index (χ3n) is 5.38. The third-order valence-corrected chi connectivity index (χ3v) is 5.38. The number of alkyl halides is 3. The SMILES string of the molecule is NC(=O)C1CCC(=O)N([C@H]2CCCN(c3ccc(C(F)(F)F)cn3)C2)CC1. The number of halogens is 3. The first kappa shape index (κ1) is 19.4. The number of rotatable bonds is 3. The van der Waals surface area contributed by atoms with E-state index in [1.54, 1.807) is 4.90 Å². The number of hydrogen-bond donors (Lipinski definition) is 1. The minimum atomic E-state index is -4.41. The average Bonchev–Trinajstić information content (AvgIpc) is 2.83. The Hall–Kier alpha value is -2.32. The number of hydrogen-bond acceptors (Lipinski definition) is 4. The first-order chi connectivity index (χ1) is 12.8. The Morgan fingerprint density at radius 2 is 1.96 bits per heavy atom. The first-order valence-electron chi connectivity index (χ1n) is 9.12. The highest BCUT2D eigenvalue weighted by atomic mass is 19.4. The fourth-order valence-corrected chi connectivity index (χ4v) is 3.83. The van der Waals surface area contributed by atoms with E-state index in [1.165, 1.54) is 6.07 Å². The maximum absolute atomic E-state index is 12.7. The molecule has 0 bridgehead atoms. The van der Waals surface area contributed by atoms with Crippen LogP contribution in [0.4, 0.5) is 19.0 Å². The summed E-state index contributed by atoms with van der Waals surface area (Å²) in [6.45, 7) is 1.68. The van der Waals surface area contributed by atoms with Crippen LogP contribution in [0.3, 0.4) is 0 Å². The summed E-state index contributed by atoms with van der Waals surface area (Å²) in [6, 6.07) is 2.36. The van der Waals surface area contributed by atoms with E-state index in [1.807, 2.05) is 4.90 Å². The third kappa shape index (κ3) is 4.51. The molecule has 0 aliphatic carbocycles. The zero-order valence-electron chi connectivity index (χ0n) is 14.9. The standard InChI is InChI=1S/C18H23F3N4O2/c19-18(20,21)13-4-5-15(23-10-13)24-8-1-2-14(11-24)25-9-7-12(17(22)27)3-6-16(25)26/h4-5,10,12,14H,1-3,6-9,11H2,(H2,22,27)/t12?,14-/m0/s1. The number of nitrogens with two attached hydrogens (primary N) is 1. The Bertz CT molecular complexity index is 693. The van der Waals surface area contributed by atoms with Gasteiger partial charge in [0.05, 0.1) is 5.56 Å². The van der Waals surface area contributed by atoms with Gasteiger partial charge in [0, 0.05) is 44.2 Å². The van der Waals surface area contributed by atoms with Gasteiger partial charge in [-0.1, -0.05) is 0 Å². The summed E-state index contributed by atoms with van der Waals surface area (Å²) in [4.78, 5) is 31.6. The molecule has 2 amide bonds. The molecular weight excluding hydrogens is 361 g/mol. The van der Waals surface area contributed by atoms with Crippen molar-refractivity contribution >= 4 is 17.6 Å². The molecule has 3 heterocycles. The molecule has 0 spiro atoms. The van der Waals surface area contributed by atoms with E-state index < -0.39 is 11.7 Å². The average molecular weight is 384 g/mol. The van der Waals surface area contributed by atoms with Crippen molar-refractivity contribution in [2.75, 3.05) is 24.5 Å². The summed E-state index contributed by atoms with van der Waals surface area (Å²) >= 11 is 0. The van der Waals surface area contributed by atoms with Crippen LogP contribution in [0.5, 0.6) is 0 Å². The fraction of sp³-hybridized carbons (Fsp3) is 0.611. The van der Waals surface area contributed by atoms with E-state index >= 15 is 0 Å². The van der Waals surface area contributed by atoms with Crippen LogP contribution in [0.25, 0.3) is 0 Å². The molecule has 2 aliphatic heterocycles. The monoisotopic (exact) mass is 384 g/mol. The van der Waals surface area contributed by atoms with Crippen LogP contribution in [0.15, 0.2) is 18.3 Å². The van der Waals surface area contributed by atoms with Crippen molar-refractivity contribution in [3.05, 3.63) is 23.9 Å². The number of anilines is 1.